The summed E-state index contributed by atoms with van der Waals surface area (Å²) in [6, 6.07) is 11.2. The van der Waals surface area contributed by atoms with E-state index in [1.165, 1.54) is 11.8 Å². The van der Waals surface area contributed by atoms with Gasteiger partial charge in [-0.15, -0.1) is 0 Å². The summed E-state index contributed by atoms with van der Waals surface area (Å²) in [5, 5.41) is 11.5. The van der Waals surface area contributed by atoms with Gasteiger partial charge < -0.3 is 15.7 Å². The summed E-state index contributed by atoms with van der Waals surface area (Å²) in [4.78, 5) is 4.12. The van der Waals surface area contributed by atoms with Gasteiger partial charge >= 0.3 is 0 Å². The summed E-state index contributed by atoms with van der Waals surface area (Å²) in [6.45, 7) is 4.26. The molecular weight excluding hydrogens is 254 g/mol. The Kier molecular flexibility index (Phi) is 4.20. The Morgan fingerprint density at radius 1 is 1.30 bits per heavy atom. The maximum absolute atomic E-state index is 8.58. The second-order valence-electron chi connectivity index (χ2n) is 4.70. The molecule has 104 valence electrons. The molecule has 5 heteroatoms. The molecule has 0 aliphatic heterocycles. The fourth-order valence-electron chi connectivity index (χ4n) is 1.71. The molecule has 2 rings (SSSR count). The fraction of sp³-hybridized carbons (Fsp3) is 0.200. The van der Waals surface area contributed by atoms with Gasteiger partial charge in [0.1, 0.15) is 5.75 Å². The van der Waals surface area contributed by atoms with Gasteiger partial charge in [-0.3, -0.25) is 0 Å². The van der Waals surface area contributed by atoms with E-state index in [0.717, 1.165) is 5.75 Å². The summed E-state index contributed by atoms with van der Waals surface area (Å²) in [5.74, 6) is 1.65. The van der Waals surface area contributed by atoms with Crippen LogP contribution < -0.4 is 10.5 Å². The Morgan fingerprint density at radius 3 is 2.70 bits per heavy atom. The first-order chi connectivity index (χ1) is 9.60. The predicted molar refractivity (Wildman–Crippen MR) is 77.4 cm³/mol. The van der Waals surface area contributed by atoms with E-state index in [1.54, 1.807) is 12.1 Å². The van der Waals surface area contributed by atoms with Crippen LogP contribution >= 0.6 is 0 Å². The molecule has 1 aromatic carbocycles. The number of oxime groups is 1. The minimum absolute atomic E-state index is 0.0193. The zero-order valence-electron chi connectivity index (χ0n) is 11.4. The van der Waals surface area contributed by atoms with Crippen LogP contribution in [0.5, 0.6) is 11.6 Å². The van der Waals surface area contributed by atoms with Crippen LogP contribution in [-0.2, 0) is 0 Å². The van der Waals surface area contributed by atoms with Gasteiger partial charge in [0.25, 0.3) is 0 Å². The van der Waals surface area contributed by atoms with Crippen LogP contribution in [0.1, 0.15) is 30.9 Å². The predicted octanol–water partition coefficient (Wildman–Crippen LogP) is 3.09. The molecule has 20 heavy (non-hydrogen) atoms. The van der Waals surface area contributed by atoms with E-state index in [9.17, 15) is 0 Å². The van der Waals surface area contributed by atoms with E-state index >= 15 is 0 Å². The van der Waals surface area contributed by atoms with E-state index in [-0.39, 0.29) is 5.84 Å². The van der Waals surface area contributed by atoms with Crippen LogP contribution in [0, 0.1) is 0 Å². The van der Waals surface area contributed by atoms with Gasteiger partial charge in [-0.05, 0) is 29.7 Å². The molecule has 0 amide bonds. The van der Waals surface area contributed by atoms with Gasteiger partial charge in [0.05, 0.1) is 0 Å². The van der Waals surface area contributed by atoms with Crippen molar-refractivity contribution in [2.45, 2.75) is 19.8 Å². The monoisotopic (exact) mass is 271 g/mol. The molecule has 0 saturated carbocycles. The molecule has 0 aliphatic carbocycles. The van der Waals surface area contributed by atoms with Crippen LogP contribution in [-0.4, -0.2) is 16.0 Å². The highest BCUT2D eigenvalue weighted by molar-refractivity contribution is 5.96. The molecule has 0 saturated heterocycles. The molecule has 3 N–H and O–H groups in total. The molecule has 0 bridgehead atoms. The number of hydrogen-bond donors (Lipinski definition) is 2. The Balaban J connectivity index is 2.16. The first-order valence-electron chi connectivity index (χ1n) is 6.32. The maximum Gasteiger partial charge on any atom is 0.219 e. The van der Waals surface area contributed by atoms with E-state index in [1.807, 2.05) is 18.2 Å². The van der Waals surface area contributed by atoms with Crippen LogP contribution in [0.4, 0.5) is 0 Å². The molecule has 0 fully saturated rings. The zero-order valence-corrected chi connectivity index (χ0v) is 11.4. The molecule has 1 aromatic heterocycles. The normalized spacial score (nSPS) is 11.7. The number of amidine groups is 1. The Hall–Kier alpha value is -2.56. The van der Waals surface area contributed by atoms with Crippen LogP contribution in [0.25, 0.3) is 0 Å². The molecule has 0 spiro atoms. The number of aromatic nitrogens is 1. The largest absolute Gasteiger partial charge is 0.439 e. The van der Waals surface area contributed by atoms with Crippen molar-refractivity contribution in [2.75, 3.05) is 0 Å². The van der Waals surface area contributed by atoms with Gasteiger partial charge in [0, 0.05) is 17.8 Å². The number of benzene rings is 1. The summed E-state index contributed by atoms with van der Waals surface area (Å²) < 4.78 is 5.68. The van der Waals surface area contributed by atoms with E-state index in [0.29, 0.717) is 17.4 Å². The molecule has 1 heterocycles. The lowest BCUT2D eigenvalue weighted by atomic mass is 10.0. The second-order valence-corrected chi connectivity index (χ2v) is 4.70. The lowest BCUT2D eigenvalue weighted by Crippen LogP contribution is -2.13. The van der Waals surface area contributed by atoms with Crippen molar-refractivity contribution in [1.29, 1.82) is 0 Å². The molecular formula is C15H17N3O2. The third-order valence-electron chi connectivity index (χ3n) is 2.89. The number of rotatable bonds is 4. The highest BCUT2D eigenvalue weighted by atomic mass is 16.5. The third kappa shape index (κ3) is 3.26. The molecule has 2 aromatic rings. The smallest absolute Gasteiger partial charge is 0.219 e. The lowest BCUT2D eigenvalue weighted by molar-refractivity contribution is 0.318. The lowest BCUT2D eigenvalue weighted by Gasteiger charge is -2.09. The highest BCUT2D eigenvalue weighted by Gasteiger charge is 2.04. The zero-order chi connectivity index (χ0) is 14.5. The van der Waals surface area contributed by atoms with Crippen LogP contribution in [0.3, 0.4) is 0 Å². The minimum atomic E-state index is 0.0193. The SMILES string of the molecule is CC(C)c1cccc(Oc2ccc(/C(N)=N/O)cn2)c1. The van der Waals surface area contributed by atoms with Gasteiger partial charge in [-0.2, -0.15) is 0 Å². The number of nitrogens with zero attached hydrogens (tertiary/aromatic N) is 2. The molecule has 0 unspecified atom stereocenters. The quantitative estimate of drug-likeness (QED) is 0.387. The fourth-order valence-corrected chi connectivity index (χ4v) is 1.71. The summed E-state index contributed by atoms with van der Waals surface area (Å²) in [7, 11) is 0. The van der Waals surface area contributed by atoms with Gasteiger partial charge in [-0.25, -0.2) is 4.98 Å². The van der Waals surface area contributed by atoms with Crippen LogP contribution in [0.15, 0.2) is 47.8 Å². The molecule has 0 aliphatic rings. The molecule has 0 radical (unpaired) electrons. The number of hydrogen-bond acceptors (Lipinski definition) is 4. The summed E-state index contributed by atoms with van der Waals surface area (Å²) >= 11 is 0. The highest BCUT2D eigenvalue weighted by Crippen LogP contribution is 2.24. The standard InChI is InChI=1S/C15H17N3O2/c1-10(2)11-4-3-5-13(8-11)20-14-7-6-12(9-17-14)15(16)18-19/h3-10,19H,1-2H3,(H2,16,18). The average molecular weight is 271 g/mol. The summed E-state index contributed by atoms with van der Waals surface area (Å²) in [6.07, 6.45) is 1.50. The van der Waals surface area contributed by atoms with Crippen molar-refractivity contribution in [3.8, 4) is 11.6 Å². The van der Waals surface area contributed by atoms with E-state index in [2.05, 4.69) is 30.1 Å². The van der Waals surface area contributed by atoms with E-state index in [4.69, 9.17) is 15.7 Å². The van der Waals surface area contributed by atoms with E-state index < -0.39 is 0 Å². The maximum atomic E-state index is 8.58. The number of pyridine rings is 1. The van der Waals surface area contributed by atoms with Gasteiger partial charge in [-0.1, -0.05) is 31.1 Å². The third-order valence-corrected chi connectivity index (χ3v) is 2.89. The van der Waals surface area contributed by atoms with Gasteiger partial charge in [0.15, 0.2) is 5.84 Å². The summed E-state index contributed by atoms with van der Waals surface area (Å²) in [5.41, 5.74) is 7.21. The Morgan fingerprint density at radius 2 is 2.10 bits per heavy atom. The van der Waals surface area contributed by atoms with Crippen molar-refractivity contribution in [2.24, 2.45) is 10.9 Å². The first kappa shape index (κ1) is 13.9. The van der Waals surface area contributed by atoms with Crippen LogP contribution in [0.2, 0.25) is 0 Å². The minimum Gasteiger partial charge on any atom is -0.439 e. The molecule has 5 nitrogen and oxygen atoms in total. The van der Waals surface area contributed by atoms with Crippen molar-refractivity contribution in [3.05, 3.63) is 53.7 Å². The van der Waals surface area contributed by atoms with Crippen molar-refractivity contribution < 1.29 is 9.94 Å². The molecule has 0 atom stereocenters. The first-order valence-corrected chi connectivity index (χ1v) is 6.32. The number of nitrogens with two attached hydrogens (primary N) is 1. The Bertz CT molecular complexity index is 607. The average Bonchev–Trinajstić information content (AvgIpc) is 2.47. The van der Waals surface area contributed by atoms with Gasteiger partial charge in [0.2, 0.25) is 5.88 Å². The van der Waals surface area contributed by atoms with Crippen molar-refractivity contribution in [3.63, 3.8) is 0 Å². The van der Waals surface area contributed by atoms with Crippen molar-refractivity contribution >= 4 is 5.84 Å². The van der Waals surface area contributed by atoms with Crippen molar-refractivity contribution in [1.82, 2.24) is 4.98 Å². The second kappa shape index (κ2) is 6.06. The topological polar surface area (TPSA) is 80.7 Å². The number of ether oxygens (including phenoxy) is 1. The Labute approximate surface area is 117 Å².